The highest BCUT2D eigenvalue weighted by molar-refractivity contribution is 5.93. The van der Waals surface area contributed by atoms with Gasteiger partial charge in [-0.3, -0.25) is 14.4 Å². The first-order chi connectivity index (χ1) is 13.0. The molecule has 160 valence electrons. The maximum absolute atomic E-state index is 13.1. The van der Waals surface area contributed by atoms with Gasteiger partial charge in [-0.15, -0.1) is 0 Å². The Morgan fingerprint density at radius 2 is 1.79 bits per heavy atom. The van der Waals surface area contributed by atoms with Crippen LogP contribution in [0.25, 0.3) is 0 Å². The molecular weight excluding hydrogens is 362 g/mol. The molecule has 0 aromatic rings. The average molecular weight is 398 g/mol. The predicted molar refractivity (Wildman–Crippen MR) is 105 cm³/mol. The number of carbonyl (C=O) groups is 4. The normalized spacial score (nSPS) is 21.1. The zero-order valence-corrected chi connectivity index (χ0v) is 17.6. The zero-order chi connectivity index (χ0) is 21.6. The van der Waals surface area contributed by atoms with Crippen molar-refractivity contribution in [1.29, 1.82) is 0 Å². The molecule has 8 nitrogen and oxygen atoms in total. The zero-order valence-electron chi connectivity index (χ0n) is 17.6. The minimum atomic E-state index is -1.08. The van der Waals surface area contributed by atoms with Crippen LogP contribution in [0, 0.1) is 17.8 Å². The molecule has 1 fully saturated rings. The lowest BCUT2D eigenvalue weighted by Crippen LogP contribution is -2.54. The highest BCUT2D eigenvalue weighted by Gasteiger charge is 2.40. The third-order valence-electron chi connectivity index (χ3n) is 5.67. The first-order valence-electron chi connectivity index (χ1n) is 10.1. The van der Waals surface area contributed by atoms with Crippen LogP contribution in [-0.2, 0) is 19.2 Å². The van der Waals surface area contributed by atoms with E-state index < -0.39 is 35.9 Å². The molecule has 4 N–H and O–H groups in total. The Balaban J connectivity index is 2.94. The lowest BCUT2D eigenvalue weighted by atomic mass is 9.87. The fourth-order valence-corrected chi connectivity index (χ4v) is 3.46. The Hall–Kier alpha value is -1.96. The summed E-state index contributed by atoms with van der Waals surface area (Å²) in [5, 5.41) is 12.0. The second-order valence-corrected chi connectivity index (χ2v) is 8.21. The molecule has 0 saturated carbocycles. The third-order valence-corrected chi connectivity index (χ3v) is 5.67. The van der Waals surface area contributed by atoms with Crippen LogP contribution >= 0.6 is 0 Å². The number of nitrogens with one attached hydrogen (secondary N) is 1. The van der Waals surface area contributed by atoms with Gasteiger partial charge in [0.25, 0.3) is 0 Å². The first kappa shape index (κ1) is 24.1. The van der Waals surface area contributed by atoms with Crippen molar-refractivity contribution < 1.29 is 24.3 Å². The van der Waals surface area contributed by atoms with E-state index in [-0.39, 0.29) is 29.9 Å². The summed E-state index contributed by atoms with van der Waals surface area (Å²) in [7, 11) is 0. The van der Waals surface area contributed by atoms with Gasteiger partial charge in [-0.1, -0.05) is 34.1 Å². The summed E-state index contributed by atoms with van der Waals surface area (Å²) in [6.07, 6.45) is 1.80. The number of amides is 2. The van der Waals surface area contributed by atoms with E-state index in [1.54, 1.807) is 13.8 Å². The van der Waals surface area contributed by atoms with E-state index in [0.29, 0.717) is 25.8 Å². The molecule has 0 aliphatic carbocycles. The highest BCUT2D eigenvalue weighted by Crippen LogP contribution is 2.26. The molecule has 0 aromatic heterocycles. The predicted octanol–water partition coefficient (Wildman–Crippen LogP) is 1.17. The molecule has 1 saturated heterocycles. The SMILES string of the molecule is CC[C@@H](C)[C@H](NC(=O)[C@@H]1CCCN1C(=O)[C@@H](CC(=O)[C@H](C)N)C(C)C)C(=O)O. The van der Waals surface area contributed by atoms with Crippen LogP contribution in [0.5, 0.6) is 0 Å². The summed E-state index contributed by atoms with van der Waals surface area (Å²) in [5.74, 6) is -2.80. The van der Waals surface area contributed by atoms with Crippen molar-refractivity contribution in [2.45, 2.75) is 78.4 Å². The second-order valence-electron chi connectivity index (χ2n) is 8.21. The fraction of sp³-hybridized carbons (Fsp3) is 0.800. The van der Waals surface area contributed by atoms with Crippen LogP contribution in [0.15, 0.2) is 0 Å². The van der Waals surface area contributed by atoms with Gasteiger partial charge >= 0.3 is 5.97 Å². The number of hydrogen-bond donors (Lipinski definition) is 3. The molecule has 5 atom stereocenters. The molecule has 2 amide bonds. The maximum atomic E-state index is 13.1. The second kappa shape index (κ2) is 10.5. The lowest BCUT2D eigenvalue weighted by molar-refractivity contribution is -0.147. The number of carboxylic acids is 1. The van der Waals surface area contributed by atoms with Crippen molar-refractivity contribution >= 4 is 23.6 Å². The summed E-state index contributed by atoms with van der Waals surface area (Å²) >= 11 is 0. The number of aliphatic carboxylic acids is 1. The number of carbonyl (C=O) groups excluding carboxylic acids is 3. The summed E-state index contributed by atoms with van der Waals surface area (Å²) < 4.78 is 0. The molecule has 0 unspecified atom stereocenters. The topological polar surface area (TPSA) is 130 Å². The molecule has 0 radical (unpaired) electrons. The largest absolute Gasteiger partial charge is 0.480 e. The number of Topliss-reactive ketones (excluding diaryl/α,β-unsaturated/α-hetero) is 1. The van der Waals surface area contributed by atoms with Crippen LogP contribution in [0.1, 0.15) is 60.3 Å². The van der Waals surface area contributed by atoms with E-state index in [0.717, 1.165) is 0 Å². The van der Waals surface area contributed by atoms with Crippen LogP contribution < -0.4 is 11.1 Å². The Morgan fingerprint density at radius 3 is 2.25 bits per heavy atom. The van der Waals surface area contributed by atoms with Crippen molar-refractivity contribution in [3.05, 3.63) is 0 Å². The molecule has 1 rings (SSSR count). The average Bonchev–Trinajstić information content (AvgIpc) is 3.11. The summed E-state index contributed by atoms with van der Waals surface area (Å²) in [4.78, 5) is 51.0. The van der Waals surface area contributed by atoms with Crippen molar-refractivity contribution in [2.75, 3.05) is 6.54 Å². The van der Waals surface area contributed by atoms with Gasteiger partial charge in [-0.25, -0.2) is 4.79 Å². The number of nitrogens with two attached hydrogens (primary N) is 1. The van der Waals surface area contributed by atoms with Crippen molar-refractivity contribution in [1.82, 2.24) is 10.2 Å². The summed E-state index contributed by atoms with van der Waals surface area (Å²) in [5.41, 5.74) is 5.64. The number of rotatable bonds is 10. The molecule has 28 heavy (non-hydrogen) atoms. The van der Waals surface area contributed by atoms with Gasteiger partial charge in [-0.05, 0) is 31.6 Å². The van der Waals surface area contributed by atoms with Crippen LogP contribution in [0.3, 0.4) is 0 Å². The molecule has 1 aliphatic rings. The molecule has 1 heterocycles. The number of ketones is 1. The minimum absolute atomic E-state index is 0.0453. The van der Waals surface area contributed by atoms with Gasteiger partial charge in [0.15, 0.2) is 0 Å². The van der Waals surface area contributed by atoms with Gasteiger partial charge in [0.2, 0.25) is 11.8 Å². The standard InChI is InChI=1S/C20H35N3O5/c1-6-12(4)17(20(27)28)22-18(25)15-8-7-9-23(15)19(26)14(11(2)3)10-16(24)13(5)21/h11-15,17H,6-10,21H2,1-5H3,(H,22,25)(H,27,28)/t12-,13+,14+,15+,17+/m1/s1. The Morgan fingerprint density at radius 1 is 1.18 bits per heavy atom. The number of hydrogen-bond acceptors (Lipinski definition) is 5. The summed E-state index contributed by atoms with van der Waals surface area (Å²) in [6.45, 7) is 9.38. The van der Waals surface area contributed by atoms with Crippen molar-refractivity contribution in [3.63, 3.8) is 0 Å². The molecule has 0 spiro atoms. The third kappa shape index (κ3) is 6.02. The van der Waals surface area contributed by atoms with Crippen molar-refractivity contribution in [3.8, 4) is 0 Å². The maximum Gasteiger partial charge on any atom is 0.326 e. The smallest absolute Gasteiger partial charge is 0.326 e. The number of nitrogens with zero attached hydrogens (tertiary/aromatic N) is 1. The quantitative estimate of drug-likeness (QED) is 0.507. The van der Waals surface area contributed by atoms with Gasteiger partial charge in [0.1, 0.15) is 17.9 Å². The fourth-order valence-electron chi connectivity index (χ4n) is 3.46. The van der Waals surface area contributed by atoms with E-state index in [2.05, 4.69) is 5.32 Å². The van der Waals surface area contributed by atoms with Gasteiger partial charge in [0.05, 0.1) is 6.04 Å². The first-order valence-corrected chi connectivity index (χ1v) is 10.1. The minimum Gasteiger partial charge on any atom is -0.480 e. The molecule has 0 aromatic carbocycles. The van der Waals surface area contributed by atoms with E-state index in [1.165, 1.54) is 4.90 Å². The van der Waals surface area contributed by atoms with Crippen molar-refractivity contribution in [2.24, 2.45) is 23.5 Å². The summed E-state index contributed by atoms with van der Waals surface area (Å²) in [6, 6.07) is -2.33. The Bertz CT molecular complexity index is 590. The number of likely N-dealkylation sites (tertiary alicyclic amines) is 1. The van der Waals surface area contributed by atoms with E-state index in [9.17, 15) is 24.3 Å². The lowest BCUT2D eigenvalue weighted by Gasteiger charge is -2.31. The monoisotopic (exact) mass is 397 g/mol. The molecule has 0 bridgehead atoms. The van der Waals surface area contributed by atoms with Crippen LogP contribution in [0.2, 0.25) is 0 Å². The Kier molecular flexibility index (Phi) is 9.07. The Labute approximate surface area is 167 Å². The van der Waals surface area contributed by atoms with Gasteiger partial charge in [-0.2, -0.15) is 0 Å². The van der Waals surface area contributed by atoms with E-state index >= 15 is 0 Å². The molecule has 1 aliphatic heterocycles. The van der Waals surface area contributed by atoms with Crippen LogP contribution in [0.4, 0.5) is 0 Å². The van der Waals surface area contributed by atoms with Gasteiger partial charge < -0.3 is 21.1 Å². The van der Waals surface area contributed by atoms with E-state index in [1.807, 2.05) is 20.8 Å². The molecular formula is C20H35N3O5. The number of carboxylic acid groups (broad SMARTS) is 1. The molecule has 8 heteroatoms. The highest BCUT2D eigenvalue weighted by atomic mass is 16.4. The van der Waals surface area contributed by atoms with Gasteiger partial charge in [0, 0.05) is 18.9 Å². The van der Waals surface area contributed by atoms with Crippen LogP contribution in [-0.4, -0.2) is 58.2 Å². The van der Waals surface area contributed by atoms with E-state index in [4.69, 9.17) is 5.73 Å².